The molecule has 1 aliphatic heterocycles. The van der Waals surface area contributed by atoms with E-state index in [0.29, 0.717) is 17.9 Å². The van der Waals surface area contributed by atoms with Crippen molar-refractivity contribution in [3.05, 3.63) is 24.3 Å². The van der Waals surface area contributed by atoms with Gasteiger partial charge in [-0.1, -0.05) is 26.0 Å². The van der Waals surface area contributed by atoms with Crippen LogP contribution in [-0.2, 0) is 4.79 Å². The molecule has 2 N–H and O–H groups in total. The van der Waals surface area contributed by atoms with E-state index in [1.54, 1.807) is 6.07 Å². The van der Waals surface area contributed by atoms with E-state index in [2.05, 4.69) is 5.32 Å². The lowest BCUT2D eigenvalue weighted by Gasteiger charge is -2.32. The van der Waals surface area contributed by atoms with Crippen LogP contribution in [0.15, 0.2) is 24.3 Å². The molecule has 5 heteroatoms. The predicted octanol–water partition coefficient (Wildman–Crippen LogP) is 1.74. The number of ether oxygens (including phenoxy) is 2. The molecule has 5 nitrogen and oxygen atoms in total. The van der Waals surface area contributed by atoms with Crippen LogP contribution in [0.25, 0.3) is 0 Å². The number of rotatable bonds is 5. The van der Waals surface area contributed by atoms with Crippen LogP contribution in [0.1, 0.15) is 27.2 Å². The Hall–Kier alpha value is -1.75. The minimum absolute atomic E-state index is 0.0452. The Bertz CT molecular complexity index is 489. The molecule has 3 atom stereocenters. The summed E-state index contributed by atoms with van der Waals surface area (Å²) in [5, 5.41) is 12.0. The van der Waals surface area contributed by atoms with Crippen molar-refractivity contribution in [3.63, 3.8) is 0 Å². The third-order valence-corrected chi connectivity index (χ3v) is 3.67. The van der Waals surface area contributed by atoms with Gasteiger partial charge in [0.15, 0.2) is 11.5 Å². The minimum Gasteiger partial charge on any atom is -0.482 e. The monoisotopic (exact) mass is 293 g/mol. The Balaban J connectivity index is 2.06. The molecule has 116 valence electrons. The summed E-state index contributed by atoms with van der Waals surface area (Å²) in [5.41, 5.74) is 0. The zero-order valence-corrected chi connectivity index (χ0v) is 12.7. The first-order valence-electron chi connectivity index (χ1n) is 7.36. The number of hydrogen-bond donors (Lipinski definition) is 2. The molecule has 3 unspecified atom stereocenters. The highest BCUT2D eigenvalue weighted by Gasteiger charge is 2.35. The summed E-state index contributed by atoms with van der Waals surface area (Å²) < 4.78 is 11.5. The Labute approximate surface area is 125 Å². The van der Waals surface area contributed by atoms with Crippen LogP contribution in [0, 0.1) is 5.92 Å². The van der Waals surface area contributed by atoms with E-state index in [9.17, 15) is 4.79 Å². The Morgan fingerprint density at radius 3 is 2.48 bits per heavy atom. The third-order valence-electron chi connectivity index (χ3n) is 3.67. The maximum Gasteiger partial charge on any atom is 0.265 e. The standard InChI is InChI=1S/C16H23NO4/c1-10(2)12(8-9-18)17-16(19)15-11(3)20-13-6-4-5-7-14(13)21-15/h4-7,10-12,15,18H,8-9H2,1-3H3,(H,17,19). The van der Waals surface area contributed by atoms with Gasteiger partial charge < -0.3 is 19.9 Å². The van der Waals surface area contributed by atoms with Gasteiger partial charge in [-0.05, 0) is 31.4 Å². The number of para-hydroxylation sites is 2. The molecule has 0 saturated carbocycles. The van der Waals surface area contributed by atoms with Crippen LogP contribution < -0.4 is 14.8 Å². The molecule has 0 bridgehead atoms. The first kappa shape index (κ1) is 15.6. The average molecular weight is 293 g/mol. The molecule has 1 heterocycles. The molecule has 1 aliphatic rings. The summed E-state index contributed by atoms with van der Waals surface area (Å²) in [5.74, 6) is 1.28. The van der Waals surface area contributed by atoms with Crippen LogP contribution in [0.2, 0.25) is 0 Å². The van der Waals surface area contributed by atoms with Crippen molar-refractivity contribution in [2.45, 2.75) is 45.4 Å². The molecule has 0 saturated heterocycles. The fourth-order valence-electron chi connectivity index (χ4n) is 2.38. The van der Waals surface area contributed by atoms with Crippen LogP contribution >= 0.6 is 0 Å². The van der Waals surface area contributed by atoms with Gasteiger partial charge in [-0.25, -0.2) is 0 Å². The molecule has 0 aromatic heterocycles. The van der Waals surface area contributed by atoms with E-state index in [-0.39, 0.29) is 30.6 Å². The van der Waals surface area contributed by atoms with Crippen molar-refractivity contribution in [2.75, 3.05) is 6.61 Å². The number of fused-ring (bicyclic) bond motifs is 1. The molecule has 1 aromatic carbocycles. The highest BCUT2D eigenvalue weighted by molar-refractivity contribution is 5.82. The molecule has 21 heavy (non-hydrogen) atoms. The Kier molecular flexibility index (Phi) is 5.07. The van der Waals surface area contributed by atoms with Crippen molar-refractivity contribution in [1.82, 2.24) is 5.32 Å². The van der Waals surface area contributed by atoms with E-state index < -0.39 is 6.10 Å². The largest absolute Gasteiger partial charge is 0.482 e. The lowest BCUT2D eigenvalue weighted by atomic mass is 10.0. The zero-order valence-electron chi connectivity index (χ0n) is 12.7. The minimum atomic E-state index is -0.681. The molecular formula is C16H23NO4. The molecule has 2 rings (SSSR count). The number of nitrogens with one attached hydrogen (secondary N) is 1. The highest BCUT2D eigenvalue weighted by Crippen LogP contribution is 2.33. The second-order valence-electron chi connectivity index (χ2n) is 5.68. The average Bonchev–Trinajstić information content (AvgIpc) is 2.45. The molecule has 1 aromatic rings. The molecule has 0 aliphatic carbocycles. The van der Waals surface area contributed by atoms with E-state index in [0.717, 1.165) is 0 Å². The van der Waals surface area contributed by atoms with Gasteiger partial charge in [0.2, 0.25) is 6.10 Å². The highest BCUT2D eigenvalue weighted by atomic mass is 16.6. The maximum atomic E-state index is 12.4. The number of carbonyl (C=O) groups is 1. The van der Waals surface area contributed by atoms with Gasteiger partial charge in [-0.2, -0.15) is 0 Å². The Morgan fingerprint density at radius 1 is 1.29 bits per heavy atom. The van der Waals surface area contributed by atoms with Crippen LogP contribution in [0.4, 0.5) is 0 Å². The number of hydrogen-bond acceptors (Lipinski definition) is 4. The number of aliphatic hydroxyl groups excluding tert-OH is 1. The molecule has 1 amide bonds. The normalized spacial score (nSPS) is 22.0. The molecule has 0 fully saturated rings. The van der Waals surface area contributed by atoms with Gasteiger partial charge in [0.1, 0.15) is 6.10 Å². The Morgan fingerprint density at radius 2 is 1.90 bits per heavy atom. The van der Waals surface area contributed by atoms with Crippen LogP contribution in [-0.4, -0.2) is 35.9 Å². The van der Waals surface area contributed by atoms with Gasteiger partial charge in [0.25, 0.3) is 5.91 Å². The first-order valence-corrected chi connectivity index (χ1v) is 7.36. The van der Waals surface area contributed by atoms with Gasteiger partial charge in [0, 0.05) is 12.6 Å². The SMILES string of the molecule is CC(C)C(CCO)NC(=O)C1Oc2ccccc2OC1C. The number of aliphatic hydroxyl groups is 1. The quantitative estimate of drug-likeness (QED) is 0.867. The van der Waals surface area contributed by atoms with Crippen molar-refractivity contribution >= 4 is 5.91 Å². The van der Waals surface area contributed by atoms with Crippen molar-refractivity contribution in [1.29, 1.82) is 0 Å². The molecular weight excluding hydrogens is 270 g/mol. The smallest absolute Gasteiger partial charge is 0.265 e. The second kappa shape index (κ2) is 6.80. The lowest BCUT2D eigenvalue weighted by Crippen LogP contribution is -2.52. The van der Waals surface area contributed by atoms with Crippen LogP contribution in [0.3, 0.4) is 0 Å². The van der Waals surface area contributed by atoms with Gasteiger partial charge in [-0.15, -0.1) is 0 Å². The van der Waals surface area contributed by atoms with Crippen molar-refractivity contribution in [3.8, 4) is 11.5 Å². The van der Waals surface area contributed by atoms with Gasteiger partial charge in [0.05, 0.1) is 0 Å². The number of benzene rings is 1. The summed E-state index contributed by atoms with van der Waals surface area (Å²) in [7, 11) is 0. The van der Waals surface area contributed by atoms with Crippen LogP contribution in [0.5, 0.6) is 11.5 Å². The van der Waals surface area contributed by atoms with Gasteiger partial charge in [-0.3, -0.25) is 4.79 Å². The second-order valence-corrected chi connectivity index (χ2v) is 5.68. The maximum absolute atomic E-state index is 12.4. The zero-order chi connectivity index (χ0) is 15.4. The summed E-state index contributed by atoms with van der Waals surface area (Å²) in [6.45, 7) is 5.88. The summed E-state index contributed by atoms with van der Waals surface area (Å²) >= 11 is 0. The van der Waals surface area contributed by atoms with E-state index >= 15 is 0 Å². The van der Waals surface area contributed by atoms with Gasteiger partial charge >= 0.3 is 0 Å². The molecule has 0 radical (unpaired) electrons. The predicted molar refractivity (Wildman–Crippen MR) is 79.4 cm³/mol. The van der Waals surface area contributed by atoms with Crippen molar-refractivity contribution < 1.29 is 19.4 Å². The summed E-state index contributed by atoms with van der Waals surface area (Å²) in [4.78, 5) is 12.4. The third kappa shape index (κ3) is 3.67. The van der Waals surface area contributed by atoms with Crippen molar-refractivity contribution in [2.24, 2.45) is 5.92 Å². The fourth-order valence-corrected chi connectivity index (χ4v) is 2.38. The van der Waals surface area contributed by atoms with E-state index in [4.69, 9.17) is 14.6 Å². The number of carbonyl (C=O) groups excluding carboxylic acids is 1. The summed E-state index contributed by atoms with van der Waals surface area (Å²) in [6, 6.07) is 7.24. The number of amides is 1. The van der Waals surface area contributed by atoms with E-state index in [1.165, 1.54) is 0 Å². The fraction of sp³-hybridized carbons (Fsp3) is 0.562. The summed E-state index contributed by atoms with van der Waals surface area (Å²) in [6.07, 6.45) is -0.510. The molecule has 0 spiro atoms. The topological polar surface area (TPSA) is 67.8 Å². The van der Waals surface area contributed by atoms with E-state index in [1.807, 2.05) is 39.0 Å². The lowest BCUT2D eigenvalue weighted by molar-refractivity contribution is -0.134. The first-order chi connectivity index (χ1) is 10.0.